The van der Waals surface area contributed by atoms with E-state index >= 15 is 0 Å². The van der Waals surface area contributed by atoms with Gasteiger partial charge in [-0.15, -0.1) is 10.2 Å². The molecule has 9 nitrogen and oxygen atoms in total. The van der Waals surface area contributed by atoms with Gasteiger partial charge in [-0.2, -0.15) is 5.10 Å². The van der Waals surface area contributed by atoms with Gasteiger partial charge < -0.3 is 11.2 Å². The minimum atomic E-state index is -0.342. The second-order valence-corrected chi connectivity index (χ2v) is 7.93. The van der Waals surface area contributed by atoms with Gasteiger partial charge in [-0.05, 0) is 38.1 Å². The van der Waals surface area contributed by atoms with Gasteiger partial charge in [0.1, 0.15) is 5.82 Å². The molecule has 0 fully saturated rings. The smallest absolute Gasteiger partial charge is 0.271 e. The molecule has 0 bridgehead atoms. The number of thiazole rings is 1. The summed E-state index contributed by atoms with van der Waals surface area (Å²) in [5.74, 6) is 5.86. The maximum Gasteiger partial charge on any atom is 0.271 e. The minimum Gasteiger partial charge on any atom is -0.334 e. The summed E-state index contributed by atoms with van der Waals surface area (Å²) in [5, 5.41) is 15.9. The molecule has 4 aromatic rings. The van der Waals surface area contributed by atoms with Gasteiger partial charge in [0.05, 0.1) is 21.7 Å². The summed E-state index contributed by atoms with van der Waals surface area (Å²) in [6.45, 7) is 3.76. The Hall–Kier alpha value is -2.99. The fraction of sp³-hybridized carbons (Fsp3) is 0.188. The summed E-state index contributed by atoms with van der Waals surface area (Å²) < 4.78 is 16.8. The summed E-state index contributed by atoms with van der Waals surface area (Å²) in [7, 11) is 0. The molecule has 28 heavy (non-hydrogen) atoms. The first-order valence-corrected chi connectivity index (χ1v) is 9.94. The Morgan fingerprint density at radius 1 is 1.32 bits per heavy atom. The Labute approximate surface area is 166 Å². The van der Waals surface area contributed by atoms with Gasteiger partial charge in [-0.3, -0.25) is 4.79 Å². The standard InChI is InChI=1S/C16H15FN8OS2/c1-8-5-9(2)25(23-8)15-21-22-16(24(15)18)27-7-13(26)20-14-19-11-4-3-10(17)6-12(11)28-14/h3-6H,7,18H2,1-2H3,(H,19,20,26). The number of thioether (sulfide) groups is 1. The number of rotatable bonds is 5. The van der Waals surface area contributed by atoms with E-state index in [9.17, 15) is 9.18 Å². The largest absolute Gasteiger partial charge is 0.334 e. The van der Waals surface area contributed by atoms with E-state index in [-0.39, 0.29) is 17.5 Å². The number of carbonyl (C=O) groups is 1. The lowest BCUT2D eigenvalue weighted by atomic mass is 10.3. The Balaban J connectivity index is 1.42. The summed E-state index contributed by atoms with van der Waals surface area (Å²) in [4.78, 5) is 16.5. The number of nitrogens with zero attached hydrogens (tertiary/aromatic N) is 6. The Bertz CT molecular complexity index is 1180. The van der Waals surface area contributed by atoms with Crippen LogP contribution in [0.5, 0.6) is 0 Å². The summed E-state index contributed by atoms with van der Waals surface area (Å²) >= 11 is 2.35. The quantitative estimate of drug-likeness (QED) is 0.377. The van der Waals surface area contributed by atoms with E-state index in [1.54, 1.807) is 10.7 Å². The number of fused-ring (bicyclic) bond motifs is 1. The van der Waals surface area contributed by atoms with E-state index in [1.165, 1.54) is 28.1 Å². The number of benzene rings is 1. The second-order valence-electron chi connectivity index (χ2n) is 5.96. The van der Waals surface area contributed by atoms with Gasteiger partial charge in [0.25, 0.3) is 5.95 Å². The first-order valence-electron chi connectivity index (χ1n) is 8.13. The zero-order valence-corrected chi connectivity index (χ0v) is 16.5. The Morgan fingerprint density at radius 2 is 2.14 bits per heavy atom. The van der Waals surface area contributed by atoms with Crippen molar-refractivity contribution in [3.05, 3.63) is 41.5 Å². The molecular weight excluding hydrogens is 403 g/mol. The van der Waals surface area contributed by atoms with Crippen molar-refractivity contribution in [1.82, 2.24) is 29.6 Å². The number of nitrogens with two attached hydrogens (primary N) is 1. The van der Waals surface area contributed by atoms with Gasteiger partial charge in [-0.1, -0.05) is 23.1 Å². The number of aromatic nitrogens is 6. The average Bonchev–Trinajstić information content (AvgIpc) is 3.29. The molecule has 0 aliphatic carbocycles. The fourth-order valence-corrected chi connectivity index (χ4v) is 4.14. The van der Waals surface area contributed by atoms with Crippen LogP contribution in [0.2, 0.25) is 0 Å². The molecule has 1 amide bonds. The number of amides is 1. The first kappa shape index (κ1) is 18.4. The molecule has 144 valence electrons. The van der Waals surface area contributed by atoms with Crippen molar-refractivity contribution in [3.8, 4) is 5.95 Å². The summed E-state index contributed by atoms with van der Waals surface area (Å²) in [5.41, 5.74) is 2.34. The van der Waals surface area contributed by atoms with Crippen molar-refractivity contribution in [3.63, 3.8) is 0 Å². The van der Waals surface area contributed by atoms with Crippen LogP contribution in [0.3, 0.4) is 0 Å². The van der Waals surface area contributed by atoms with E-state index in [2.05, 4.69) is 25.6 Å². The van der Waals surface area contributed by atoms with Crippen molar-refractivity contribution in [2.24, 2.45) is 0 Å². The van der Waals surface area contributed by atoms with E-state index in [4.69, 9.17) is 5.84 Å². The molecule has 0 aliphatic heterocycles. The molecule has 0 spiro atoms. The maximum atomic E-state index is 13.3. The van der Waals surface area contributed by atoms with Gasteiger partial charge in [-0.25, -0.2) is 18.7 Å². The molecule has 1 aromatic carbocycles. The number of nitrogens with one attached hydrogen (secondary N) is 1. The van der Waals surface area contributed by atoms with E-state index in [1.807, 2.05) is 19.9 Å². The molecule has 12 heteroatoms. The van der Waals surface area contributed by atoms with E-state index in [0.29, 0.717) is 26.5 Å². The normalized spacial score (nSPS) is 11.2. The predicted molar refractivity (Wildman–Crippen MR) is 106 cm³/mol. The van der Waals surface area contributed by atoms with Gasteiger partial charge in [0, 0.05) is 5.69 Å². The van der Waals surface area contributed by atoms with Crippen LogP contribution in [-0.2, 0) is 4.79 Å². The molecule has 0 saturated carbocycles. The van der Waals surface area contributed by atoms with Gasteiger partial charge in [0.15, 0.2) is 5.13 Å². The van der Waals surface area contributed by atoms with Crippen LogP contribution in [-0.4, -0.2) is 41.3 Å². The third kappa shape index (κ3) is 3.55. The summed E-state index contributed by atoms with van der Waals surface area (Å²) in [6.07, 6.45) is 0. The number of halogens is 1. The molecule has 0 unspecified atom stereocenters. The third-order valence-electron chi connectivity index (χ3n) is 3.77. The van der Waals surface area contributed by atoms with Crippen molar-refractivity contribution in [2.45, 2.75) is 19.0 Å². The molecule has 0 radical (unpaired) electrons. The maximum absolute atomic E-state index is 13.3. The Kier molecular flexibility index (Phi) is 4.73. The predicted octanol–water partition coefficient (Wildman–Crippen LogP) is 2.27. The molecule has 3 aromatic heterocycles. The molecule has 0 aliphatic rings. The van der Waals surface area contributed by atoms with Crippen LogP contribution in [0.4, 0.5) is 9.52 Å². The van der Waals surface area contributed by atoms with Crippen molar-refractivity contribution >= 4 is 44.4 Å². The lowest BCUT2D eigenvalue weighted by Crippen LogP contribution is -2.18. The highest BCUT2D eigenvalue weighted by atomic mass is 32.2. The van der Waals surface area contributed by atoms with Crippen LogP contribution in [0.25, 0.3) is 16.2 Å². The zero-order valence-electron chi connectivity index (χ0n) is 14.9. The summed E-state index contributed by atoms with van der Waals surface area (Å²) in [6, 6.07) is 6.19. The molecule has 0 atom stereocenters. The van der Waals surface area contributed by atoms with Crippen molar-refractivity contribution < 1.29 is 9.18 Å². The topological polar surface area (TPSA) is 117 Å². The lowest BCUT2D eigenvalue weighted by molar-refractivity contribution is -0.113. The zero-order chi connectivity index (χ0) is 19.8. The number of carbonyl (C=O) groups excluding carboxylic acids is 1. The monoisotopic (exact) mass is 418 g/mol. The van der Waals surface area contributed by atoms with Crippen LogP contribution < -0.4 is 11.2 Å². The Morgan fingerprint density at radius 3 is 2.89 bits per heavy atom. The highest BCUT2D eigenvalue weighted by Crippen LogP contribution is 2.27. The molecule has 3 N–H and O–H groups in total. The molecular formula is C16H15FN8OS2. The van der Waals surface area contributed by atoms with E-state index < -0.39 is 0 Å². The van der Waals surface area contributed by atoms with Crippen LogP contribution >= 0.6 is 23.1 Å². The molecule has 4 rings (SSSR count). The van der Waals surface area contributed by atoms with Gasteiger partial charge >= 0.3 is 0 Å². The lowest BCUT2D eigenvalue weighted by Gasteiger charge is -2.04. The van der Waals surface area contributed by atoms with Crippen LogP contribution in [0, 0.1) is 19.7 Å². The molecule has 0 saturated heterocycles. The fourth-order valence-electron chi connectivity index (χ4n) is 2.58. The van der Waals surface area contributed by atoms with Crippen molar-refractivity contribution in [2.75, 3.05) is 16.9 Å². The number of aryl methyl sites for hydroxylation is 2. The third-order valence-corrected chi connectivity index (χ3v) is 5.65. The van der Waals surface area contributed by atoms with Crippen LogP contribution in [0.1, 0.15) is 11.4 Å². The minimum absolute atomic E-state index is 0.0662. The highest BCUT2D eigenvalue weighted by molar-refractivity contribution is 7.99. The number of anilines is 1. The average molecular weight is 418 g/mol. The van der Waals surface area contributed by atoms with Gasteiger partial charge in [0.2, 0.25) is 11.1 Å². The SMILES string of the molecule is Cc1cc(C)n(-c2nnc(SCC(=O)Nc3nc4ccc(F)cc4s3)n2N)n1. The highest BCUT2D eigenvalue weighted by Gasteiger charge is 2.16. The second kappa shape index (κ2) is 7.20. The number of nitrogen functional groups attached to an aromatic ring is 1. The molecule has 3 heterocycles. The number of hydrogen-bond acceptors (Lipinski definition) is 8. The number of hydrogen-bond donors (Lipinski definition) is 2. The first-order chi connectivity index (χ1) is 13.4. The van der Waals surface area contributed by atoms with E-state index in [0.717, 1.165) is 23.1 Å². The van der Waals surface area contributed by atoms with Crippen molar-refractivity contribution in [1.29, 1.82) is 0 Å². The van der Waals surface area contributed by atoms with Crippen LogP contribution in [0.15, 0.2) is 29.4 Å².